The number of H-pyrrole nitrogens is 1. The van der Waals surface area contributed by atoms with Crippen molar-refractivity contribution in [3.05, 3.63) is 84.4 Å². The van der Waals surface area contributed by atoms with E-state index >= 15 is 0 Å². The number of fused-ring (bicyclic) bond motifs is 1. The molecule has 0 spiro atoms. The molecule has 0 saturated carbocycles. The van der Waals surface area contributed by atoms with Crippen molar-refractivity contribution in [2.75, 3.05) is 4.72 Å². The summed E-state index contributed by atoms with van der Waals surface area (Å²) in [5.41, 5.74) is 4.51. The molecule has 1 aromatic heterocycles. The molecule has 0 bridgehead atoms. The van der Waals surface area contributed by atoms with Crippen LogP contribution in [0, 0.1) is 6.92 Å². The Labute approximate surface area is 152 Å². The van der Waals surface area contributed by atoms with Crippen LogP contribution in [0.2, 0.25) is 0 Å². The van der Waals surface area contributed by atoms with Gasteiger partial charge in [0, 0.05) is 22.3 Å². The predicted molar refractivity (Wildman–Crippen MR) is 106 cm³/mol. The summed E-state index contributed by atoms with van der Waals surface area (Å²) in [6, 6.07) is 24.4. The molecule has 4 nitrogen and oxygen atoms in total. The largest absolute Gasteiger partial charge is 0.355 e. The molecular formula is C21H18N2O2S. The number of anilines is 1. The molecule has 0 unspecified atom stereocenters. The van der Waals surface area contributed by atoms with Gasteiger partial charge >= 0.3 is 0 Å². The van der Waals surface area contributed by atoms with Crippen LogP contribution in [0.15, 0.2) is 83.8 Å². The maximum atomic E-state index is 12.5. The van der Waals surface area contributed by atoms with Crippen molar-refractivity contribution >= 4 is 26.6 Å². The zero-order valence-corrected chi connectivity index (χ0v) is 15.0. The van der Waals surface area contributed by atoms with Crippen LogP contribution in [-0.4, -0.2) is 13.4 Å². The highest BCUT2D eigenvalue weighted by Crippen LogP contribution is 2.26. The number of rotatable bonds is 4. The molecule has 1 heterocycles. The lowest BCUT2D eigenvalue weighted by atomic mass is 10.1. The fourth-order valence-corrected chi connectivity index (χ4v) is 4.11. The van der Waals surface area contributed by atoms with Gasteiger partial charge in [-0.15, -0.1) is 0 Å². The third kappa shape index (κ3) is 3.21. The molecule has 3 aromatic carbocycles. The first-order valence-corrected chi connectivity index (χ1v) is 9.77. The minimum absolute atomic E-state index is 0.261. The van der Waals surface area contributed by atoms with Crippen LogP contribution < -0.4 is 4.72 Å². The highest BCUT2D eigenvalue weighted by molar-refractivity contribution is 7.92. The van der Waals surface area contributed by atoms with Crippen molar-refractivity contribution in [1.29, 1.82) is 0 Å². The number of hydrogen-bond donors (Lipinski definition) is 2. The van der Waals surface area contributed by atoms with E-state index in [0.29, 0.717) is 5.69 Å². The van der Waals surface area contributed by atoms with Crippen LogP contribution in [0.4, 0.5) is 5.69 Å². The Balaban J connectivity index is 1.59. The second-order valence-electron chi connectivity index (χ2n) is 6.27. The maximum Gasteiger partial charge on any atom is 0.261 e. The highest BCUT2D eigenvalue weighted by Gasteiger charge is 2.14. The molecule has 0 aliphatic rings. The monoisotopic (exact) mass is 362 g/mol. The van der Waals surface area contributed by atoms with E-state index in [-0.39, 0.29) is 4.90 Å². The molecule has 2 N–H and O–H groups in total. The van der Waals surface area contributed by atoms with Gasteiger partial charge in [0.25, 0.3) is 10.0 Å². The molecule has 0 aliphatic carbocycles. The van der Waals surface area contributed by atoms with Gasteiger partial charge in [0.2, 0.25) is 0 Å². The summed E-state index contributed by atoms with van der Waals surface area (Å²) in [4.78, 5) is 3.63. The third-order valence-corrected chi connectivity index (χ3v) is 5.66. The van der Waals surface area contributed by atoms with Crippen molar-refractivity contribution in [1.82, 2.24) is 4.98 Å². The fraction of sp³-hybridized carbons (Fsp3) is 0.0476. The van der Waals surface area contributed by atoms with Crippen LogP contribution in [0.3, 0.4) is 0 Å². The highest BCUT2D eigenvalue weighted by atomic mass is 32.2. The van der Waals surface area contributed by atoms with E-state index in [9.17, 15) is 8.42 Å². The summed E-state index contributed by atoms with van der Waals surface area (Å²) in [7, 11) is -3.59. The molecule has 4 rings (SSSR count). The normalized spacial score (nSPS) is 11.6. The number of nitrogens with one attached hydrogen (secondary N) is 2. The lowest BCUT2D eigenvalue weighted by Gasteiger charge is -2.09. The standard InChI is InChI=1S/C21H18N2O2S/c1-15-5-4-7-19(13-15)26(24,25)23-18-11-9-16(10-12-18)21-14-17-6-2-3-8-20(17)22-21/h2-14,22-23H,1H3. The number of aromatic amines is 1. The van der Waals surface area contributed by atoms with Gasteiger partial charge in [-0.3, -0.25) is 4.72 Å². The SMILES string of the molecule is Cc1cccc(S(=O)(=O)Nc2ccc(-c3cc4ccccc4[nH]3)cc2)c1. The maximum absolute atomic E-state index is 12.5. The lowest BCUT2D eigenvalue weighted by molar-refractivity contribution is 0.601. The molecule has 0 aliphatic heterocycles. The van der Waals surface area contributed by atoms with Gasteiger partial charge in [-0.1, -0.05) is 42.5 Å². The quantitative estimate of drug-likeness (QED) is 0.540. The second-order valence-corrected chi connectivity index (χ2v) is 7.95. The summed E-state index contributed by atoms with van der Waals surface area (Å²) in [5, 5.41) is 1.15. The Morgan fingerprint density at radius 1 is 0.846 bits per heavy atom. The number of aryl methyl sites for hydroxylation is 1. The number of benzene rings is 3. The van der Waals surface area contributed by atoms with E-state index in [1.165, 1.54) is 0 Å². The summed E-state index contributed by atoms with van der Waals surface area (Å²) in [6.07, 6.45) is 0. The van der Waals surface area contributed by atoms with Gasteiger partial charge in [-0.25, -0.2) is 8.42 Å². The Kier molecular flexibility index (Phi) is 4.01. The average molecular weight is 362 g/mol. The zero-order valence-electron chi connectivity index (χ0n) is 14.2. The average Bonchev–Trinajstić information content (AvgIpc) is 3.06. The van der Waals surface area contributed by atoms with Gasteiger partial charge in [0.15, 0.2) is 0 Å². The number of aromatic nitrogens is 1. The molecule has 4 aromatic rings. The predicted octanol–water partition coefficient (Wildman–Crippen LogP) is 4.94. The first kappa shape index (κ1) is 16.4. The van der Waals surface area contributed by atoms with E-state index in [1.807, 2.05) is 43.3 Å². The van der Waals surface area contributed by atoms with Crippen LogP contribution in [-0.2, 0) is 10.0 Å². The first-order valence-electron chi connectivity index (χ1n) is 8.29. The fourth-order valence-electron chi connectivity index (χ4n) is 2.94. The van der Waals surface area contributed by atoms with Crippen molar-refractivity contribution in [2.24, 2.45) is 0 Å². The van der Waals surface area contributed by atoms with E-state index in [0.717, 1.165) is 27.7 Å². The summed E-state index contributed by atoms with van der Waals surface area (Å²) in [6.45, 7) is 1.87. The number of sulfonamides is 1. The smallest absolute Gasteiger partial charge is 0.261 e. The van der Waals surface area contributed by atoms with Crippen LogP contribution >= 0.6 is 0 Å². The molecule has 26 heavy (non-hydrogen) atoms. The number of para-hydroxylation sites is 1. The lowest BCUT2D eigenvalue weighted by Crippen LogP contribution is -2.12. The van der Waals surface area contributed by atoms with E-state index < -0.39 is 10.0 Å². The topological polar surface area (TPSA) is 62.0 Å². The van der Waals surface area contributed by atoms with Crippen molar-refractivity contribution in [2.45, 2.75) is 11.8 Å². The Morgan fingerprint density at radius 3 is 2.35 bits per heavy atom. The Hall–Kier alpha value is -3.05. The van der Waals surface area contributed by atoms with E-state index in [2.05, 4.69) is 21.8 Å². The first-order chi connectivity index (χ1) is 12.5. The van der Waals surface area contributed by atoms with Crippen molar-refractivity contribution < 1.29 is 8.42 Å². The van der Waals surface area contributed by atoms with Crippen LogP contribution in [0.1, 0.15) is 5.56 Å². The van der Waals surface area contributed by atoms with Gasteiger partial charge in [0.1, 0.15) is 0 Å². The van der Waals surface area contributed by atoms with E-state index in [4.69, 9.17) is 0 Å². The summed E-state index contributed by atoms with van der Waals surface area (Å²) < 4.78 is 27.6. The minimum Gasteiger partial charge on any atom is -0.355 e. The van der Waals surface area contributed by atoms with Gasteiger partial charge in [-0.05, 0) is 54.4 Å². The second kappa shape index (κ2) is 6.35. The molecule has 0 fully saturated rings. The van der Waals surface area contributed by atoms with Crippen molar-refractivity contribution in [3.63, 3.8) is 0 Å². The van der Waals surface area contributed by atoms with Gasteiger partial charge in [-0.2, -0.15) is 0 Å². The third-order valence-electron chi connectivity index (χ3n) is 4.28. The Morgan fingerprint density at radius 2 is 1.62 bits per heavy atom. The summed E-state index contributed by atoms with van der Waals surface area (Å²) in [5.74, 6) is 0. The number of hydrogen-bond acceptors (Lipinski definition) is 2. The van der Waals surface area contributed by atoms with Crippen molar-refractivity contribution in [3.8, 4) is 11.3 Å². The molecule has 0 amide bonds. The van der Waals surface area contributed by atoms with Crippen LogP contribution in [0.5, 0.6) is 0 Å². The molecule has 5 heteroatoms. The molecule has 0 saturated heterocycles. The molecule has 0 atom stereocenters. The molecular weight excluding hydrogens is 344 g/mol. The van der Waals surface area contributed by atoms with Gasteiger partial charge in [0.05, 0.1) is 4.90 Å². The van der Waals surface area contributed by atoms with Gasteiger partial charge < -0.3 is 4.98 Å². The zero-order chi connectivity index (χ0) is 18.1. The minimum atomic E-state index is -3.59. The molecule has 0 radical (unpaired) electrons. The van der Waals surface area contributed by atoms with Crippen LogP contribution in [0.25, 0.3) is 22.2 Å². The molecule has 130 valence electrons. The Bertz CT molecular complexity index is 1140. The van der Waals surface area contributed by atoms with E-state index in [1.54, 1.807) is 30.3 Å². The summed E-state index contributed by atoms with van der Waals surface area (Å²) >= 11 is 0.